The number of nitrogens with zero attached hydrogens (tertiary/aromatic N) is 1. The summed E-state index contributed by atoms with van der Waals surface area (Å²) in [5, 5.41) is 0.864. The van der Waals surface area contributed by atoms with Crippen molar-refractivity contribution in [3.05, 3.63) is 35.4 Å². The first-order valence-electron chi connectivity index (χ1n) is 6.61. The minimum atomic E-state index is 0.267. The second-order valence-electron chi connectivity index (χ2n) is 5.02. The summed E-state index contributed by atoms with van der Waals surface area (Å²) in [7, 11) is 0. The Hall–Kier alpha value is -0.830. The maximum Gasteiger partial charge on any atom is 0.227 e. The molecule has 0 spiro atoms. The van der Waals surface area contributed by atoms with E-state index in [0.717, 1.165) is 17.4 Å². The van der Waals surface area contributed by atoms with Crippen molar-refractivity contribution in [2.45, 2.75) is 38.6 Å². The van der Waals surface area contributed by atoms with Gasteiger partial charge in [0.25, 0.3) is 0 Å². The number of carbonyl (C=O) groups excluding carboxylic acids is 1. The molecule has 1 aromatic carbocycles. The van der Waals surface area contributed by atoms with E-state index in [1.54, 1.807) is 0 Å². The molecule has 1 aromatic rings. The van der Waals surface area contributed by atoms with E-state index in [1.165, 1.54) is 24.8 Å². The Morgan fingerprint density at radius 1 is 1.33 bits per heavy atom. The molecule has 1 amide bonds. The zero-order valence-corrected chi connectivity index (χ0v) is 12.4. The van der Waals surface area contributed by atoms with E-state index < -0.39 is 0 Å². The molecular weight excluding hydrogens is 290 g/mol. The number of carbonyl (C=O) groups is 1. The number of alkyl halides is 1. The molecule has 1 aliphatic rings. The number of benzene rings is 1. The Labute approximate surface area is 117 Å². The van der Waals surface area contributed by atoms with Crippen LogP contribution < -0.4 is 0 Å². The summed E-state index contributed by atoms with van der Waals surface area (Å²) >= 11 is 3.44. The van der Waals surface area contributed by atoms with Crippen LogP contribution in [-0.4, -0.2) is 28.7 Å². The second-order valence-corrected chi connectivity index (χ2v) is 5.82. The van der Waals surface area contributed by atoms with Crippen LogP contribution in [0.4, 0.5) is 0 Å². The summed E-state index contributed by atoms with van der Waals surface area (Å²) in [5.41, 5.74) is 2.35. The van der Waals surface area contributed by atoms with Crippen LogP contribution >= 0.6 is 15.9 Å². The number of amides is 1. The van der Waals surface area contributed by atoms with Crippen LogP contribution in [-0.2, 0) is 11.2 Å². The van der Waals surface area contributed by atoms with Gasteiger partial charge in [-0.1, -0.05) is 45.8 Å². The molecule has 0 aromatic heterocycles. The molecule has 0 unspecified atom stereocenters. The van der Waals surface area contributed by atoms with Crippen LogP contribution in [0.25, 0.3) is 0 Å². The number of halogens is 1. The van der Waals surface area contributed by atoms with Gasteiger partial charge in [-0.3, -0.25) is 4.79 Å². The standard InChI is InChI=1S/C15H20BrNO/c1-12-5-7-13(8-6-12)11-15(18)17(10-9-16)14-3-2-4-14/h5-8,14H,2-4,9-11H2,1H3. The number of aryl methyl sites for hydroxylation is 1. The van der Waals surface area contributed by atoms with Crippen molar-refractivity contribution < 1.29 is 4.79 Å². The molecule has 0 heterocycles. The Kier molecular flexibility index (Phi) is 4.81. The first-order valence-corrected chi connectivity index (χ1v) is 7.74. The molecular formula is C15H20BrNO. The molecule has 0 bridgehead atoms. The number of hydrogen-bond acceptors (Lipinski definition) is 1. The van der Waals surface area contributed by atoms with Gasteiger partial charge in [0.2, 0.25) is 5.91 Å². The average molecular weight is 310 g/mol. The van der Waals surface area contributed by atoms with Crippen molar-refractivity contribution >= 4 is 21.8 Å². The normalized spacial score (nSPS) is 15.2. The Morgan fingerprint density at radius 3 is 2.50 bits per heavy atom. The van der Waals surface area contributed by atoms with Crippen molar-refractivity contribution in [2.75, 3.05) is 11.9 Å². The fourth-order valence-electron chi connectivity index (χ4n) is 2.28. The fourth-order valence-corrected chi connectivity index (χ4v) is 2.66. The molecule has 3 heteroatoms. The van der Waals surface area contributed by atoms with Crippen LogP contribution in [0, 0.1) is 6.92 Å². The van der Waals surface area contributed by atoms with Gasteiger partial charge in [0.1, 0.15) is 0 Å². The van der Waals surface area contributed by atoms with E-state index in [9.17, 15) is 4.79 Å². The van der Waals surface area contributed by atoms with Crippen LogP contribution in [0.3, 0.4) is 0 Å². The lowest BCUT2D eigenvalue weighted by molar-refractivity contribution is -0.134. The third-order valence-electron chi connectivity index (χ3n) is 3.64. The summed E-state index contributed by atoms with van der Waals surface area (Å²) in [6, 6.07) is 8.74. The molecule has 1 aliphatic carbocycles. The van der Waals surface area contributed by atoms with Gasteiger partial charge in [0.05, 0.1) is 6.42 Å². The van der Waals surface area contributed by atoms with E-state index in [2.05, 4.69) is 52.0 Å². The van der Waals surface area contributed by atoms with Gasteiger partial charge < -0.3 is 4.90 Å². The summed E-state index contributed by atoms with van der Waals surface area (Å²) < 4.78 is 0. The van der Waals surface area contributed by atoms with Crippen molar-refractivity contribution in [2.24, 2.45) is 0 Å². The third-order valence-corrected chi connectivity index (χ3v) is 3.99. The minimum Gasteiger partial charge on any atom is -0.339 e. The smallest absolute Gasteiger partial charge is 0.227 e. The van der Waals surface area contributed by atoms with Gasteiger partial charge in [-0.15, -0.1) is 0 Å². The van der Waals surface area contributed by atoms with E-state index in [0.29, 0.717) is 12.5 Å². The SMILES string of the molecule is Cc1ccc(CC(=O)N(CCBr)C2CCC2)cc1. The molecule has 2 rings (SSSR count). The first kappa shape index (κ1) is 13.6. The third kappa shape index (κ3) is 3.35. The van der Waals surface area contributed by atoms with Crippen LogP contribution in [0.2, 0.25) is 0 Å². The molecule has 1 saturated carbocycles. The monoisotopic (exact) mass is 309 g/mol. The zero-order chi connectivity index (χ0) is 13.0. The summed E-state index contributed by atoms with van der Waals surface area (Å²) in [4.78, 5) is 14.4. The van der Waals surface area contributed by atoms with Gasteiger partial charge in [0, 0.05) is 17.9 Å². The fraction of sp³-hybridized carbons (Fsp3) is 0.533. The largest absolute Gasteiger partial charge is 0.339 e. The molecule has 0 N–H and O–H groups in total. The lowest BCUT2D eigenvalue weighted by Crippen LogP contribution is -2.45. The molecule has 2 nitrogen and oxygen atoms in total. The van der Waals surface area contributed by atoms with Crippen molar-refractivity contribution in [1.29, 1.82) is 0 Å². The van der Waals surface area contributed by atoms with Gasteiger partial charge >= 0.3 is 0 Å². The predicted octanol–water partition coefficient (Wildman–Crippen LogP) is 3.31. The number of hydrogen-bond donors (Lipinski definition) is 0. The maximum atomic E-state index is 12.3. The van der Waals surface area contributed by atoms with Gasteiger partial charge in [-0.25, -0.2) is 0 Å². The second kappa shape index (κ2) is 6.37. The topological polar surface area (TPSA) is 20.3 Å². The molecule has 98 valence electrons. The van der Waals surface area contributed by atoms with Crippen molar-refractivity contribution in [3.8, 4) is 0 Å². The Bertz CT molecular complexity index is 397. The Morgan fingerprint density at radius 2 is 2.00 bits per heavy atom. The quantitative estimate of drug-likeness (QED) is 0.764. The van der Waals surface area contributed by atoms with E-state index in [1.807, 2.05) is 0 Å². The van der Waals surface area contributed by atoms with E-state index in [4.69, 9.17) is 0 Å². The summed E-state index contributed by atoms with van der Waals surface area (Å²) in [5.74, 6) is 0.267. The van der Waals surface area contributed by atoms with Gasteiger partial charge in [-0.05, 0) is 31.7 Å². The highest BCUT2D eigenvalue weighted by atomic mass is 79.9. The van der Waals surface area contributed by atoms with Crippen molar-refractivity contribution in [3.63, 3.8) is 0 Å². The van der Waals surface area contributed by atoms with Crippen LogP contribution in [0.1, 0.15) is 30.4 Å². The highest BCUT2D eigenvalue weighted by molar-refractivity contribution is 9.09. The van der Waals surface area contributed by atoms with Crippen LogP contribution in [0.5, 0.6) is 0 Å². The highest BCUT2D eigenvalue weighted by Gasteiger charge is 2.27. The maximum absolute atomic E-state index is 12.3. The van der Waals surface area contributed by atoms with Crippen molar-refractivity contribution in [1.82, 2.24) is 4.90 Å². The lowest BCUT2D eigenvalue weighted by Gasteiger charge is -2.37. The van der Waals surface area contributed by atoms with Crippen LogP contribution in [0.15, 0.2) is 24.3 Å². The first-order chi connectivity index (χ1) is 8.70. The molecule has 1 fully saturated rings. The predicted molar refractivity (Wildman–Crippen MR) is 78.0 cm³/mol. The summed E-state index contributed by atoms with van der Waals surface area (Å²) in [6.45, 7) is 2.90. The number of rotatable bonds is 5. The molecule has 0 aliphatic heterocycles. The van der Waals surface area contributed by atoms with E-state index >= 15 is 0 Å². The Balaban J connectivity index is 1.97. The average Bonchev–Trinajstić information content (AvgIpc) is 2.29. The van der Waals surface area contributed by atoms with Gasteiger partial charge in [-0.2, -0.15) is 0 Å². The van der Waals surface area contributed by atoms with Gasteiger partial charge in [0.15, 0.2) is 0 Å². The molecule has 0 atom stereocenters. The summed E-state index contributed by atoms with van der Waals surface area (Å²) in [6.07, 6.45) is 4.14. The van der Waals surface area contributed by atoms with E-state index in [-0.39, 0.29) is 5.91 Å². The molecule has 0 radical (unpaired) electrons. The zero-order valence-electron chi connectivity index (χ0n) is 10.9. The molecule has 0 saturated heterocycles. The minimum absolute atomic E-state index is 0.267. The lowest BCUT2D eigenvalue weighted by atomic mass is 9.91. The molecule has 18 heavy (non-hydrogen) atoms. The highest BCUT2D eigenvalue weighted by Crippen LogP contribution is 2.25.